The highest BCUT2D eigenvalue weighted by Gasteiger charge is 2.37. The van der Waals surface area contributed by atoms with Crippen LogP contribution in [0.4, 0.5) is 0 Å². The first-order chi connectivity index (χ1) is 20.0. The van der Waals surface area contributed by atoms with E-state index in [2.05, 4.69) is 13.2 Å². The van der Waals surface area contributed by atoms with Crippen molar-refractivity contribution in [3.05, 3.63) is 84.0 Å². The van der Waals surface area contributed by atoms with Gasteiger partial charge in [0.15, 0.2) is 5.78 Å². The minimum Gasteiger partial charge on any atom is -0.490 e. The van der Waals surface area contributed by atoms with Crippen LogP contribution in [0.25, 0.3) is 6.08 Å². The summed E-state index contributed by atoms with van der Waals surface area (Å²) in [6, 6.07) is 8.35. The van der Waals surface area contributed by atoms with Crippen LogP contribution in [-0.2, 0) is 20.4 Å². The van der Waals surface area contributed by atoms with Crippen molar-refractivity contribution in [1.82, 2.24) is 0 Å². The van der Waals surface area contributed by atoms with Gasteiger partial charge in [0.2, 0.25) is 0 Å². The largest absolute Gasteiger partial charge is 0.490 e. The molecule has 0 aliphatic rings. The number of allylic oxidation sites excluding steroid dienone is 3. The van der Waals surface area contributed by atoms with Gasteiger partial charge in [0.25, 0.3) is 0 Å². The summed E-state index contributed by atoms with van der Waals surface area (Å²) in [5, 5.41) is 0. The lowest BCUT2D eigenvalue weighted by Crippen LogP contribution is -2.30. The molecule has 6 heteroatoms. The van der Waals surface area contributed by atoms with E-state index in [1.54, 1.807) is 84.0 Å². The zero-order valence-electron chi connectivity index (χ0n) is 28.6. The molecule has 6 nitrogen and oxygen atoms in total. The molecule has 0 atom stereocenters. The highest BCUT2D eigenvalue weighted by atomic mass is 16.5. The fraction of sp³-hybridized carbons (Fsp3) is 0.447. The second-order valence-corrected chi connectivity index (χ2v) is 14.6. The molecule has 2 aromatic carbocycles. The molecule has 2 rings (SSSR count). The molecular formula is C38H50O6. The van der Waals surface area contributed by atoms with Gasteiger partial charge in [-0.3, -0.25) is 14.4 Å². The lowest BCUT2D eigenvalue weighted by molar-refractivity contribution is -0.143. The molecule has 0 radical (unpaired) electrons. The van der Waals surface area contributed by atoms with E-state index in [1.807, 2.05) is 47.6 Å². The van der Waals surface area contributed by atoms with Crippen LogP contribution in [0.3, 0.4) is 0 Å². The van der Waals surface area contributed by atoms with Crippen LogP contribution in [0.2, 0.25) is 0 Å². The molecule has 0 aliphatic heterocycles. The molecule has 0 fully saturated rings. The Morgan fingerprint density at radius 2 is 1.23 bits per heavy atom. The highest BCUT2D eigenvalue weighted by molar-refractivity contribution is 6.07. The van der Waals surface area contributed by atoms with Crippen LogP contribution in [0, 0.1) is 10.8 Å². The third kappa shape index (κ3) is 8.81. The first kappa shape index (κ1) is 36.3. The van der Waals surface area contributed by atoms with Gasteiger partial charge >= 0.3 is 11.9 Å². The Hall–Kier alpha value is -3.93. The van der Waals surface area contributed by atoms with Gasteiger partial charge in [0.05, 0.1) is 16.9 Å². The summed E-state index contributed by atoms with van der Waals surface area (Å²) in [5.41, 5.74) is -0.237. The number of rotatable bonds is 11. The van der Waals surface area contributed by atoms with E-state index in [0.29, 0.717) is 33.9 Å². The van der Waals surface area contributed by atoms with Crippen LogP contribution in [0.15, 0.2) is 61.7 Å². The van der Waals surface area contributed by atoms with Crippen LogP contribution in [0.1, 0.15) is 110 Å². The smallest absolute Gasteiger partial charge is 0.316 e. The van der Waals surface area contributed by atoms with Gasteiger partial charge in [-0.05, 0) is 97.9 Å². The molecule has 2 aromatic rings. The van der Waals surface area contributed by atoms with E-state index in [0.717, 1.165) is 5.56 Å². The van der Waals surface area contributed by atoms with Crippen molar-refractivity contribution in [2.45, 2.75) is 100 Å². The summed E-state index contributed by atoms with van der Waals surface area (Å²) in [6.45, 7) is 30.6. The number of esters is 2. The zero-order chi connectivity index (χ0) is 33.8. The van der Waals surface area contributed by atoms with E-state index in [4.69, 9.17) is 14.2 Å². The van der Waals surface area contributed by atoms with Gasteiger partial charge in [-0.2, -0.15) is 0 Å². The van der Waals surface area contributed by atoms with Gasteiger partial charge in [-0.15, -0.1) is 13.2 Å². The normalized spacial score (nSPS) is 12.7. The molecular weight excluding hydrogens is 552 g/mol. The van der Waals surface area contributed by atoms with Crippen molar-refractivity contribution >= 4 is 23.8 Å². The molecule has 0 spiro atoms. The number of carbonyl (C=O) groups is 3. The number of hydrogen-bond donors (Lipinski definition) is 0. The summed E-state index contributed by atoms with van der Waals surface area (Å²) in [5.74, 6) is 0.281. The van der Waals surface area contributed by atoms with Crippen LogP contribution < -0.4 is 14.2 Å². The maximum atomic E-state index is 13.3. The van der Waals surface area contributed by atoms with E-state index < -0.39 is 21.7 Å². The summed E-state index contributed by atoms with van der Waals surface area (Å²) in [7, 11) is 0. The molecule has 44 heavy (non-hydrogen) atoms. The van der Waals surface area contributed by atoms with Crippen molar-refractivity contribution < 1.29 is 28.6 Å². The summed E-state index contributed by atoms with van der Waals surface area (Å²) >= 11 is 0. The molecule has 0 unspecified atom stereocenters. The molecule has 0 saturated carbocycles. The second kappa shape index (κ2) is 13.4. The molecule has 238 valence electrons. The van der Waals surface area contributed by atoms with Gasteiger partial charge in [-0.1, -0.05) is 39.8 Å². The van der Waals surface area contributed by atoms with E-state index in [9.17, 15) is 14.4 Å². The first-order valence-electron chi connectivity index (χ1n) is 15.0. The Morgan fingerprint density at radius 1 is 0.727 bits per heavy atom. The van der Waals surface area contributed by atoms with E-state index in [-0.39, 0.29) is 23.8 Å². The average molecular weight is 603 g/mol. The van der Waals surface area contributed by atoms with E-state index >= 15 is 0 Å². The fourth-order valence-corrected chi connectivity index (χ4v) is 3.99. The predicted octanol–water partition coefficient (Wildman–Crippen LogP) is 9.20. The summed E-state index contributed by atoms with van der Waals surface area (Å²) in [4.78, 5) is 38.8. The molecule has 0 amide bonds. The molecule has 0 N–H and O–H groups in total. The minimum atomic E-state index is -0.754. The van der Waals surface area contributed by atoms with Gasteiger partial charge in [0, 0.05) is 33.1 Å². The van der Waals surface area contributed by atoms with E-state index in [1.165, 1.54) is 6.08 Å². The number of carbonyl (C=O) groups excluding carboxylic acids is 3. The van der Waals surface area contributed by atoms with Crippen LogP contribution in [0.5, 0.6) is 17.2 Å². The van der Waals surface area contributed by atoms with Gasteiger partial charge in [-0.25, -0.2) is 0 Å². The minimum absolute atomic E-state index is 0.218. The topological polar surface area (TPSA) is 78.9 Å². The SMILES string of the molecule is C=CC(C)(C)c1cc(C=CC(=O)c2ccc(OC(=O)C(C)(C)C)cc2)c(OC(C)C)c(C(C)(C)C=C)c1OC(=O)C(C)(C)C. The third-order valence-electron chi connectivity index (χ3n) is 7.16. The average Bonchev–Trinajstić information content (AvgIpc) is 2.91. The highest BCUT2D eigenvalue weighted by Crippen LogP contribution is 2.49. The Balaban J connectivity index is 2.78. The predicted molar refractivity (Wildman–Crippen MR) is 179 cm³/mol. The second-order valence-electron chi connectivity index (χ2n) is 14.6. The Labute approximate surface area is 264 Å². The quantitative estimate of drug-likeness (QED) is 0.0839. The fourth-order valence-electron chi connectivity index (χ4n) is 3.99. The molecule has 0 heterocycles. The maximum Gasteiger partial charge on any atom is 0.316 e. The van der Waals surface area contributed by atoms with Crippen molar-refractivity contribution in [3.63, 3.8) is 0 Å². The maximum absolute atomic E-state index is 13.3. The number of ether oxygens (including phenoxy) is 3. The molecule has 0 saturated heterocycles. The third-order valence-corrected chi connectivity index (χ3v) is 7.16. The van der Waals surface area contributed by atoms with Crippen molar-refractivity contribution in [2.75, 3.05) is 0 Å². The molecule has 0 aromatic heterocycles. The van der Waals surface area contributed by atoms with Crippen molar-refractivity contribution in [2.24, 2.45) is 10.8 Å². The van der Waals surface area contributed by atoms with Gasteiger partial charge in [0.1, 0.15) is 17.2 Å². The summed E-state index contributed by atoms with van der Waals surface area (Å²) in [6.07, 6.45) is 6.58. The number of benzene rings is 2. The number of hydrogen-bond acceptors (Lipinski definition) is 6. The van der Waals surface area contributed by atoms with Crippen molar-refractivity contribution in [3.8, 4) is 17.2 Å². The first-order valence-corrected chi connectivity index (χ1v) is 15.0. The Morgan fingerprint density at radius 3 is 1.68 bits per heavy atom. The molecule has 0 bridgehead atoms. The molecule has 0 aliphatic carbocycles. The van der Waals surface area contributed by atoms with Crippen LogP contribution in [-0.4, -0.2) is 23.8 Å². The van der Waals surface area contributed by atoms with Gasteiger partial charge < -0.3 is 14.2 Å². The van der Waals surface area contributed by atoms with Crippen molar-refractivity contribution in [1.29, 1.82) is 0 Å². The van der Waals surface area contributed by atoms with Crippen LogP contribution >= 0.6 is 0 Å². The zero-order valence-corrected chi connectivity index (χ0v) is 28.6. The lowest BCUT2D eigenvalue weighted by Gasteiger charge is -2.34. The Kier molecular flexibility index (Phi) is 11.0. The Bertz CT molecular complexity index is 1440. The standard InChI is InChI=1S/C38H50O6/c1-15-37(11,12)28-23-26(19-22-29(39)25-17-20-27(21-18-25)43-33(40)35(5,6)7)31(42-24(3)4)30(38(13,14)16-2)32(28)44-34(41)36(8,9)10/h15-24H,1-2H2,3-14H3. The summed E-state index contributed by atoms with van der Waals surface area (Å²) < 4.78 is 18.1. The monoisotopic (exact) mass is 602 g/mol. The number of ketones is 1. The lowest BCUT2D eigenvalue weighted by atomic mass is 9.76.